The van der Waals surface area contributed by atoms with Crippen LogP contribution in [0, 0.1) is 11.6 Å². The van der Waals surface area contributed by atoms with E-state index in [9.17, 15) is 17.2 Å². The second kappa shape index (κ2) is 5.37. The van der Waals surface area contributed by atoms with Crippen molar-refractivity contribution in [3.63, 3.8) is 0 Å². The molecule has 0 unspecified atom stereocenters. The van der Waals surface area contributed by atoms with E-state index in [1.54, 1.807) is 0 Å². The predicted molar refractivity (Wildman–Crippen MR) is 75.7 cm³/mol. The van der Waals surface area contributed by atoms with Crippen LogP contribution in [0.2, 0.25) is 0 Å². The smallest absolute Gasteiger partial charge is 0.264 e. The topological polar surface area (TPSA) is 72.2 Å². The molecule has 2 rings (SSSR count). The van der Waals surface area contributed by atoms with E-state index >= 15 is 0 Å². The molecular formula is C12H9BrF2N2O2S. The van der Waals surface area contributed by atoms with Crippen molar-refractivity contribution in [2.75, 3.05) is 10.5 Å². The van der Waals surface area contributed by atoms with Crippen LogP contribution < -0.4 is 10.5 Å². The molecule has 0 radical (unpaired) electrons. The Morgan fingerprint density at radius 3 is 2.50 bits per heavy atom. The van der Waals surface area contributed by atoms with Crippen molar-refractivity contribution in [1.82, 2.24) is 0 Å². The van der Waals surface area contributed by atoms with E-state index in [4.69, 9.17) is 5.73 Å². The molecule has 0 aliphatic heterocycles. The van der Waals surface area contributed by atoms with Crippen LogP contribution in [-0.4, -0.2) is 8.42 Å². The van der Waals surface area contributed by atoms with Crippen molar-refractivity contribution >= 4 is 37.3 Å². The van der Waals surface area contributed by atoms with Crippen LogP contribution in [0.25, 0.3) is 0 Å². The standard InChI is InChI=1S/C12H9BrF2N2O2S/c13-10-5-8(16)6-11(12(10)15)20(18,19)17-9-3-1-2-7(14)4-9/h1-6,17H,16H2. The van der Waals surface area contributed by atoms with Crippen molar-refractivity contribution in [3.05, 3.63) is 52.5 Å². The average Bonchev–Trinajstić information content (AvgIpc) is 2.33. The Bertz CT molecular complexity index is 766. The van der Waals surface area contributed by atoms with E-state index in [2.05, 4.69) is 20.7 Å². The van der Waals surface area contributed by atoms with Gasteiger partial charge in [0.25, 0.3) is 10.0 Å². The molecule has 106 valence electrons. The molecule has 2 aromatic carbocycles. The first-order chi connectivity index (χ1) is 9.29. The summed E-state index contributed by atoms with van der Waals surface area (Å²) in [7, 11) is -4.21. The van der Waals surface area contributed by atoms with Gasteiger partial charge in [0.05, 0.1) is 10.2 Å². The van der Waals surface area contributed by atoms with Crippen molar-refractivity contribution in [3.8, 4) is 0 Å². The lowest BCUT2D eigenvalue weighted by atomic mass is 10.3. The number of hydrogen-bond donors (Lipinski definition) is 2. The fourth-order valence-corrected chi connectivity index (χ4v) is 3.33. The fourth-order valence-electron chi connectivity index (χ4n) is 1.54. The molecule has 0 fully saturated rings. The normalized spacial score (nSPS) is 11.3. The summed E-state index contributed by atoms with van der Waals surface area (Å²) < 4.78 is 53.1. The third-order valence-corrected chi connectivity index (χ3v) is 4.34. The summed E-state index contributed by atoms with van der Waals surface area (Å²) in [5.74, 6) is -1.58. The number of hydrogen-bond acceptors (Lipinski definition) is 3. The molecule has 20 heavy (non-hydrogen) atoms. The van der Waals surface area contributed by atoms with Gasteiger partial charge in [-0.25, -0.2) is 17.2 Å². The van der Waals surface area contributed by atoms with E-state index < -0.39 is 26.6 Å². The van der Waals surface area contributed by atoms with E-state index in [1.807, 2.05) is 0 Å². The van der Waals surface area contributed by atoms with E-state index in [0.29, 0.717) is 0 Å². The first-order valence-corrected chi connectivity index (χ1v) is 7.60. The molecule has 2 aromatic rings. The summed E-state index contributed by atoms with van der Waals surface area (Å²) >= 11 is 2.88. The molecule has 0 atom stereocenters. The van der Waals surface area contributed by atoms with Gasteiger partial charge >= 0.3 is 0 Å². The predicted octanol–water partition coefficient (Wildman–Crippen LogP) is 3.11. The highest BCUT2D eigenvalue weighted by atomic mass is 79.9. The average molecular weight is 363 g/mol. The van der Waals surface area contributed by atoms with Gasteiger partial charge in [-0.15, -0.1) is 0 Å². The van der Waals surface area contributed by atoms with Gasteiger partial charge in [0.15, 0.2) is 5.82 Å². The first kappa shape index (κ1) is 14.7. The summed E-state index contributed by atoms with van der Waals surface area (Å²) in [5, 5.41) is 0. The van der Waals surface area contributed by atoms with Gasteiger partial charge < -0.3 is 5.73 Å². The number of rotatable bonds is 3. The largest absolute Gasteiger partial charge is 0.399 e. The zero-order chi connectivity index (χ0) is 14.9. The van der Waals surface area contributed by atoms with Crippen LogP contribution in [0.3, 0.4) is 0 Å². The van der Waals surface area contributed by atoms with Crippen molar-refractivity contribution < 1.29 is 17.2 Å². The van der Waals surface area contributed by atoms with Crippen LogP contribution >= 0.6 is 15.9 Å². The highest BCUT2D eigenvalue weighted by molar-refractivity contribution is 9.10. The molecule has 4 nitrogen and oxygen atoms in total. The molecule has 0 bridgehead atoms. The maximum Gasteiger partial charge on any atom is 0.264 e. The minimum atomic E-state index is -4.21. The van der Waals surface area contributed by atoms with Crippen molar-refractivity contribution in [2.45, 2.75) is 4.90 Å². The molecule has 0 amide bonds. The lowest BCUT2D eigenvalue weighted by Crippen LogP contribution is -2.15. The van der Waals surface area contributed by atoms with Gasteiger partial charge in [0.2, 0.25) is 0 Å². The van der Waals surface area contributed by atoms with Gasteiger partial charge in [-0.1, -0.05) is 6.07 Å². The molecule has 0 aliphatic carbocycles. The van der Waals surface area contributed by atoms with E-state index in [0.717, 1.165) is 18.2 Å². The number of benzene rings is 2. The minimum absolute atomic E-state index is 0.0112. The molecule has 8 heteroatoms. The summed E-state index contributed by atoms with van der Waals surface area (Å²) in [4.78, 5) is -0.617. The van der Waals surface area contributed by atoms with Gasteiger partial charge in [0.1, 0.15) is 10.7 Å². The van der Waals surface area contributed by atoms with Crippen LogP contribution in [0.1, 0.15) is 0 Å². The minimum Gasteiger partial charge on any atom is -0.399 e. The SMILES string of the molecule is Nc1cc(Br)c(F)c(S(=O)(=O)Nc2cccc(F)c2)c1. The maximum absolute atomic E-state index is 13.9. The maximum atomic E-state index is 13.9. The Hall–Kier alpha value is -1.67. The fraction of sp³-hybridized carbons (Fsp3) is 0. The quantitative estimate of drug-likeness (QED) is 0.824. The number of nitrogens with two attached hydrogens (primary N) is 1. The zero-order valence-corrected chi connectivity index (χ0v) is 12.3. The third-order valence-electron chi connectivity index (χ3n) is 2.38. The number of nitrogen functional groups attached to an aromatic ring is 1. The van der Waals surface area contributed by atoms with Crippen molar-refractivity contribution in [1.29, 1.82) is 0 Å². The lowest BCUT2D eigenvalue weighted by Gasteiger charge is -2.10. The molecule has 0 heterocycles. The first-order valence-electron chi connectivity index (χ1n) is 5.32. The third kappa shape index (κ3) is 3.07. The Balaban J connectivity index is 2.46. The summed E-state index contributed by atoms with van der Waals surface area (Å²) in [6, 6.07) is 7.06. The lowest BCUT2D eigenvalue weighted by molar-refractivity contribution is 0.567. The molecular weight excluding hydrogens is 354 g/mol. The molecule has 0 spiro atoms. The highest BCUT2D eigenvalue weighted by Gasteiger charge is 2.22. The van der Waals surface area contributed by atoms with Gasteiger partial charge in [0, 0.05) is 5.69 Å². The van der Waals surface area contributed by atoms with Crippen LogP contribution in [0.4, 0.5) is 20.2 Å². The monoisotopic (exact) mass is 362 g/mol. The summed E-state index contributed by atoms with van der Waals surface area (Å²) in [5.41, 5.74) is 5.56. The van der Waals surface area contributed by atoms with E-state index in [1.165, 1.54) is 18.2 Å². The van der Waals surface area contributed by atoms with Gasteiger partial charge in [-0.2, -0.15) is 0 Å². The van der Waals surface area contributed by atoms with Crippen molar-refractivity contribution in [2.24, 2.45) is 0 Å². The zero-order valence-electron chi connectivity index (χ0n) is 9.90. The molecule has 0 saturated heterocycles. The second-order valence-electron chi connectivity index (χ2n) is 3.93. The highest BCUT2D eigenvalue weighted by Crippen LogP contribution is 2.27. The molecule has 0 aromatic heterocycles. The summed E-state index contributed by atoms with van der Waals surface area (Å²) in [6.45, 7) is 0. The Kier molecular flexibility index (Phi) is 3.96. The van der Waals surface area contributed by atoms with Gasteiger partial charge in [-0.05, 0) is 46.3 Å². The van der Waals surface area contributed by atoms with Crippen LogP contribution in [0.15, 0.2) is 45.8 Å². The molecule has 0 aliphatic rings. The van der Waals surface area contributed by atoms with Crippen LogP contribution in [0.5, 0.6) is 0 Å². The second-order valence-corrected chi connectivity index (χ2v) is 6.44. The van der Waals surface area contributed by atoms with E-state index in [-0.39, 0.29) is 15.8 Å². The van der Waals surface area contributed by atoms with Crippen LogP contribution in [-0.2, 0) is 10.0 Å². The number of halogens is 3. The van der Waals surface area contributed by atoms with Gasteiger partial charge in [-0.3, -0.25) is 4.72 Å². The number of nitrogens with one attached hydrogen (secondary N) is 1. The summed E-state index contributed by atoms with van der Waals surface area (Å²) in [6.07, 6.45) is 0. The Morgan fingerprint density at radius 2 is 1.85 bits per heavy atom. The number of anilines is 2. The number of sulfonamides is 1. The molecule has 0 saturated carbocycles. The Labute approximate surface area is 122 Å². The Morgan fingerprint density at radius 1 is 1.15 bits per heavy atom. The molecule has 3 N–H and O–H groups in total.